The van der Waals surface area contributed by atoms with E-state index < -0.39 is 0 Å². The van der Waals surface area contributed by atoms with Crippen LogP contribution in [0.4, 0.5) is 0 Å². The van der Waals surface area contributed by atoms with E-state index in [2.05, 4.69) is 12.2 Å². The van der Waals surface area contributed by atoms with Gasteiger partial charge in [0.25, 0.3) is 0 Å². The maximum absolute atomic E-state index is 11.3. The molecule has 1 atom stereocenters. The molecule has 1 unspecified atom stereocenters. The lowest BCUT2D eigenvalue weighted by atomic mass is 9.87. The summed E-state index contributed by atoms with van der Waals surface area (Å²) >= 11 is 6.15. The molecule has 0 aromatic heterocycles. The number of hydrogen-bond acceptors (Lipinski definition) is 1. The van der Waals surface area contributed by atoms with Crippen molar-refractivity contribution in [3.8, 4) is 0 Å². The third-order valence-corrected chi connectivity index (χ3v) is 3.77. The molecule has 2 nitrogen and oxygen atoms in total. The Balaban J connectivity index is 2.19. The van der Waals surface area contributed by atoms with E-state index in [0.29, 0.717) is 6.42 Å². The average Bonchev–Trinajstić information content (AvgIpc) is 2.65. The van der Waals surface area contributed by atoms with Crippen molar-refractivity contribution in [3.63, 3.8) is 0 Å². The monoisotopic (exact) mass is 237 g/mol. The van der Waals surface area contributed by atoms with Gasteiger partial charge in [-0.25, -0.2) is 0 Å². The van der Waals surface area contributed by atoms with Crippen molar-refractivity contribution in [1.82, 2.24) is 5.32 Å². The molecule has 1 fully saturated rings. The predicted octanol–water partition coefficient (Wildman–Crippen LogP) is 2.94. The van der Waals surface area contributed by atoms with Gasteiger partial charge in [-0.15, -0.1) is 0 Å². The second-order valence-electron chi connectivity index (χ2n) is 4.45. The summed E-state index contributed by atoms with van der Waals surface area (Å²) in [5.74, 6) is 0.161. The molecule has 0 radical (unpaired) electrons. The zero-order valence-corrected chi connectivity index (χ0v) is 10.2. The van der Waals surface area contributed by atoms with Gasteiger partial charge in [-0.2, -0.15) is 0 Å². The molecular formula is C13H16ClNO. The maximum Gasteiger partial charge on any atom is 0.220 e. The van der Waals surface area contributed by atoms with Crippen LogP contribution < -0.4 is 5.32 Å². The first kappa shape index (κ1) is 11.5. The summed E-state index contributed by atoms with van der Waals surface area (Å²) in [7, 11) is 0. The zero-order valence-electron chi connectivity index (χ0n) is 9.42. The minimum absolute atomic E-state index is 0.0813. The zero-order chi connectivity index (χ0) is 11.6. The third-order valence-electron chi connectivity index (χ3n) is 3.40. The van der Waals surface area contributed by atoms with E-state index in [1.165, 1.54) is 0 Å². The van der Waals surface area contributed by atoms with E-state index in [4.69, 9.17) is 11.6 Å². The Labute approximate surface area is 101 Å². The van der Waals surface area contributed by atoms with Gasteiger partial charge in [0.2, 0.25) is 5.91 Å². The van der Waals surface area contributed by atoms with Gasteiger partial charge >= 0.3 is 0 Å². The second-order valence-corrected chi connectivity index (χ2v) is 4.86. The summed E-state index contributed by atoms with van der Waals surface area (Å²) in [5.41, 5.74) is 1.04. The molecule has 1 aromatic rings. The van der Waals surface area contributed by atoms with Crippen molar-refractivity contribution in [2.45, 2.75) is 38.1 Å². The quantitative estimate of drug-likeness (QED) is 0.861. The Morgan fingerprint density at radius 1 is 1.44 bits per heavy atom. The molecule has 1 aliphatic rings. The van der Waals surface area contributed by atoms with E-state index in [1.54, 1.807) is 0 Å². The summed E-state index contributed by atoms with van der Waals surface area (Å²) in [4.78, 5) is 11.3. The summed E-state index contributed by atoms with van der Waals surface area (Å²) in [6.45, 7) is 2.11. The summed E-state index contributed by atoms with van der Waals surface area (Å²) in [6, 6.07) is 7.85. The first-order valence-corrected chi connectivity index (χ1v) is 6.07. The lowest BCUT2D eigenvalue weighted by molar-refractivity contribution is -0.119. The number of hydrogen-bond donors (Lipinski definition) is 1. The molecule has 1 amide bonds. The van der Waals surface area contributed by atoms with Gasteiger partial charge in [0.1, 0.15) is 0 Å². The predicted molar refractivity (Wildman–Crippen MR) is 65.6 cm³/mol. The average molecular weight is 238 g/mol. The van der Waals surface area contributed by atoms with Gasteiger partial charge in [-0.1, -0.05) is 36.7 Å². The number of rotatable bonds is 3. The number of carbonyl (C=O) groups is 1. The van der Waals surface area contributed by atoms with Gasteiger partial charge in [0.15, 0.2) is 0 Å². The van der Waals surface area contributed by atoms with Crippen LogP contribution in [0.2, 0.25) is 5.02 Å². The van der Waals surface area contributed by atoms with Crippen LogP contribution in [0.15, 0.2) is 24.3 Å². The fourth-order valence-electron chi connectivity index (χ4n) is 2.30. The van der Waals surface area contributed by atoms with E-state index in [-0.39, 0.29) is 11.4 Å². The van der Waals surface area contributed by atoms with Crippen LogP contribution in [0, 0.1) is 0 Å². The van der Waals surface area contributed by atoms with Crippen molar-refractivity contribution in [2.24, 2.45) is 0 Å². The SMILES string of the molecule is CCC1(Cc2ccccc2Cl)CCC(=O)N1. The van der Waals surface area contributed by atoms with Crippen LogP contribution in [0.1, 0.15) is 31.7 Å². The van der Waals surface area contributed by atoms with Crippen LogP contribution >= 0.6 is 11.6 Å². The Bertz CT molecular complexity index is 405. The van der Waals surface area contributed by atoms with Crippen LogP contribution in [-0.4, -0.2) is 11.4 Å². The lowest BCUT2D eigenvalue weighted by Crippen LogP contribution is -2.43. The molecule has 1 heterocycles. The topological polar surface area (TPSA) is 29.1 Å². The van der Waals surface area contributed by atoms with Gasteiger partial charge in [-0.3, -0.25) is 4.79 Å². The Morgan fingerprint density at radius 2 is 2.19 bits per heavy atom. The molecule has 0 spiro atoms. The molecule has 1 saturated heterocycles. The van der Waals surface area contributed by atoms with Crippen molar-refractivity contribution in [2.75, 3.05) is 0 Å². The minimum atomic E-state index is -0.0813. The first-order valence-electron chi connectivity index (χ1n) is 5.70. The smallest absolute Gasteiger partial charge is 0.220 e. The Morgan fingerprint density at radius 3 is 2.75 bits per heavy atom. The largest absolute Gasteiger partial charge is 0.350 e. The Hall–Kier alpha value is -1.02. The Kier molecular flexibility index (Phi) is 3.20. The highest BCUT2D eigenvalue weighted by Gasteiger charge is 2.36. The number of benzene rings is 1. The van der Waals surface area contributed by atoms with Crippen LogP contribution in [0.25, 0.3) is 0 Å². The standard InChI is InChI=1S/C13H16ClNO/c1-2-13(8-7-12(16)15-13)9-10-5-3-4-6-11(10)14/h3-6H,2,7-9H2,1H3,(H,15,16). The molecule has 0 bridgehead atoms. The van der Waals surface area contributed by atoms with E-state index >= 15 is 0 Å². The minimum Gasteiger partial charge on any atom is -0.350 e. The highest BCUT2D eigenvalue weighted by atomic mass is 35.5. The summed E-state index contributed by atoms with van der Waals surface area (Å²) < 4.78 is 0. The molecule has 3 heteroatoms. The van der Waals surface area contributed by atoms with E-state index in [0.717, 1.165) is 29.8 Å². The van der Waals surface area contributed by atoms with Crippen LogP contribution in [0.3, 0.4) is 0 Å². The maximum atomic E-state index is 11.3. The molecule has 0 saturated carbocycles. The summed E-state index contributed by atoms with van der Waals surface area (Å²) in [5, 5.41) is 3.88. The van der Waals surface area contributed by atoms with Gasteiger partial charge < -0.3 is 5.32 Å². The highest BCUT2D eigenvalue weighted by Crippen LogP contribution is 2.30. The van der Waals surface area contributed by atoms with Crippen LogP contribution in [-0.2, 0) is 11.2 Å². The molecule has 16 heavy (non-hydrogen) atoms. The number of halogens is 1. The van der Waals surface area contributed by atoms with Gasteiger partial charge in [-0.05, 0) is 30.9 Å². The lowest BCUT2D eigenvalue weighted by Gasteiger charge is -2.28. The van der Waals surface area contributed by atoms with Crippen LogP contribution in [0.5, 0.6) is 0 Å². The molecular weight excluding hydrogens is 222 g/mol. The molecule has 0 aliphatic carbocycles. The molecule has 1 aliphatic heterocycles. The number of carbonyl (C=O) groups excluding carboxylic acids is 1. The third kappa shape index (κ3) is 2.22. The van der Waals surface area contributed by atoms with Crippen molar-refractivity contribution in [1.29, 1.82) is 0 Å². The second kappa shape index (κ2) is 4.46. The van der Waals surface area contributed by atoms with Crippen molar-refractivity contribution < 1.29 is 4.79 Å². The van der Waals surface area contributed by atoms with Gasteiger partial charge in [0, 0.05) is 17.0 Å². The first-order chi connectivity index (χ1) is 7.65. The molecule has 1 aromatic carbocycles. The fourth-order valence-corrected chi connectivity index (χ4v) is 2.51. The number of amides is 1. The number of nitrogens with one attached hydrogen (secondary N) is 1. The molecule has 1 N–H and O–H groups in total. The fraction of sp³-hybridized carbons (Fsp3) is 0.462. The van der Waals surface area contributed by atoms with E-state index in [9.17, 15) is 4.79 Å². The summed E-state index contributed by atoms with van der Waals surface area (Å²) in [6.07, 6.45) is 3.32. The van der Waals surface area contributed by atoms with Crippen molar-refractivity contribution in [3.05, 3.63) is 34.9 Å². The normalized spacial score (nSPS) is 24.5. The van der Waals surface area contributed by atoms with Gasteiger partial charge in [0.05, 0.1) is 0 Å². The van der Waals surface area contributed by atoms with E-state index in [1.807, 2.05) is 24.3 Å². The van der Waals surface area contributed by atoms with Crippen molar-refractivity contribution >= 4 is 17.5 Å². The molecule has 86 valence electrons. The highest BCUT2D eigenvalue weighted by molar-refractivity contribution is 6.31. The molecule has 2 rings (SSSR count).